The van der Waals surface area contributed by atoms with E-state index in [-0.39, 0.29) is 15.2 Å². The summed E-state index contributed by atoms with van der Waals surface area (Å²) in [6.07, 6.45) is -3.32. The third-order valence-corrected chi connectivity index (χ3v) is 7.99. The molecule has 0 amide bonds. The van der Waals surface area contributed by atoms with Crippen molar-refractivity contribution >= 4 is 30.9 Å². The number of H-pyrrole nitrogens is 1. The fourth-order valence-electron chi connectivity index (χ4n) is 3.92. The van der Waals surface area contributed by atoms with Gasteiger partial charge in [0, 0.05) is 17.1 Å². The third-order valence-electron chi connectivity index (χ3n) is 5.49. The second-order valence-electron chi connectivity index (χ2n) is 8.27. The predicted molar refractivity (Wildman–Crippen MR) is 126 cm³/mol. The maximum Gasteiger partial charge on any atom is 0.416 e. The number of aromatic amines is 1. The molecule has 0 atom stereocenters. The normalized spacial score (nSPS) is 12.7. The van der Waals surface area contributed by atoms with Gasteiger partial charge in [-0.1, -0.05) is 12.1 Å². The van der Waals surface area contributed by atoms with Crippen LogP contribution in [0.3, 0.4) is 0 Å². The lowest BCUT2D eigenvalue weighted by Crippen LogP contribution is -2.06. The molecule has 0 fully saturated rings. The monoisotopic (exact) mass is 539 g/mol. The van der Waals surface area contributed by atoms with Crippen molar-refractivity contribution < 1.29 is 39.3 Å². The summed E-state index contributed by atoms with van der Waals surface area (Å²) in [6, 6.07) is 11.1. The van der Waals surface area contributed by atoms with Gasteiger partial charge >= 0.3 is 6.18 Å². The molecular weight excluding hydrogens is 519 g/mol. The molecule has 0 aliphatic rings. The van der Waals surface area contributed by atoms with E-state index in [0.29, 0.717) is 45.8 Å². The third kappa shape index (κ3) is 5.25. The maximum atomic E-state index is 13.2. The number of aryl methyl sites for hydroxylation is 2. The molecule has 7 nitrogen and oxygen atoms in total. The Hall–Kier alpha value is -3.35. The van der Waals surface area contributed by atoms with Crippen LogP contribution in [-0.2, 0) is 31.9 Å². The number of halogens is 3. The van der Waals surface area contributed by atoms with Gasteiger partial charge in [-0.2, -0.15) is 21.6 Å². The molecule has 36 heavy (non-hydrogen) atoms. The quantitative estimate of drug-likeness (QED) is 0.299. The van der Waals surface area contributed by atoms with E-state index in [1.54, 1.807) is 38.1 Å². The van der Waals surface area contributed by atoms with Gasteiger partial charge in [0.05, 0.1) is 15.4 Å². The van der Waals surface area contributed by atoms with Gasteiger partial charge in [0.25, 0.3) is 10.1 Å². The van der Waals surface area contributed by atoms with Crippen LogP contribution in [0.2, 0.25) is 0 Å². The molecule has 4 rings (SSSR count). The maximum absolute atomic E-state index is 13.2. The summed E-state index contributed by atoms with van der Waals surface area (Å²) in [5, 5.41) is 0.283. The molecule has 0 aliphatic carbocycles. The molecule has 0 saturated carbocycles. The van der Waals surface area contributed by atoms with Crippen LogP contribution >= 0.6 is 0 Å². The van der Waals surface area contributed by atoms with Crippen molar-refractivity contribution in [3.05, 3.63) is 83.0 Å². The smallest absolute Gasteiger partial charge is 0.416 e. The lowest BCUT2D eigenvalue weighted by molar-refractivity contribution is -0.137. The second-order valence-corrected chi connectivity index (χ2v) is 11.6. The number of sulfone groups is 1. The van der Waals surface area contributed by atoms with Crippen molar-refractivity contribution in [1.29, 1.82) is 0 Å². The molecule has 2 N–H and O–H groups in total. The second kappa shape index (κ2) is 8.95. The van der Waals surface area contributed by atoms with Crippen LogP contribution in [0, 0.1) is 13.8 Å². The Balaban J connectivity index is 1.70. The lowest BCUT2D eigenvalue weighted by atomic mass is 10.1. The van der Waals surface area contributed by atoms with Crippen molar-refractivity contribution in [3.8, 4) is 11.5 Å². The SMILES string of the molecule is Cc1cc(CS(=O)(=O)O)cc(C)c1Oc1ccc2[nH]cc(S(=O)(=O)c3ccc(C(F)(F)F)cc3)c2c1. The van der Waals surface area contributed by atoms with Crippen molar-refractivity contribution in [1.82, 2.24) is 4.98 Å². The minimum absolute atomic E-state index is 0.125. The molecule has 1 heterocycles. The van der Waals surface area contributed by atoms with Crippen LogP contribution in [0.4, 0.5) is 13.2 Å². The molecule has 190 valence electrons. The Kier molecular flexibility index (Phi) is 6.40. The Morgan fingerprint density at radius 2 is 1.53 bits per heavy atom. The Bertz CT molecular complexity index is 1650. The van der Waals surface area contributed by atoms with Gasteiger partial charge in [-0.15, -0.1) is 0 Å². The van der Waals surface area contributed by atoms with Crippen molar-refractivity contribution in [2.75, 3.05) is 0 Å². The van der Waals surface area contributed by atoms with Gasteiger partial charge in [-0.3, -0.25) is 4.55 Å². The van der Waals surface area contributed by atoms with E-state index >= 15 is 0 Å². The van der Waals surface area contributed by atoms with Gasteiger partial charge in [0.15, 0.2) is 0 Å². The van der Waals surface area contributed by atoms with Crippen LogP contribution < -0.4 is 4.74 Å². The number of ether oxygens (including phenoxy) is 1. The number of aromatic nitrogens is 1. The van der Waals surface area contributed by atoms with E-state index in [9.17, 15) is 30.0 Å². The topological polar surface area (TPSA) is 114 Å². The first-order chi connectivity index (χ1) is 16.6. The average molecular weight is 540 g/mol. The zero-order valence-electron chi connectivity index (χ0n) is 18.9. The Morgan fingerprint density at radius 1 is 0.917 bits per heavy atom. The van der Waals surface area contributed by atoms with E-state index in [0.717, 1.165) is 12.1 Å². The first-order valence-electron chi connectivity index (χ1n) is 10.4. The number of benzene rings is 3. The molecule has 12 heteroatoms. The first kappa shape index (κ1) is 25.7. The lowest BCUT2D eigenvalue weighted by Gasteiger charge is -2.14. The molecule has 0 bridgehead atoms. The van der Waals surface area contributed by atoms with Gasteiger partial charge in [0.2, 0.25) is 9.84 Å². The van der Waals surface area contributed by atoms with Gasteiger partial charge in [0.1, 0.15) is 17.3 Å². The zero-order valence-corrected chi connectivity index (χ0v) is 20.6. The van der Waals surface area contributed by atoms with Crippen LogP contribution in [-0.4, -0.2) is 26.4 Å². The highest BCUT2D eigenvalue weighted by atomic mass is 32.2. The standard InChI is InChI=1S/C24H20F3NO6S2/c1-14-9-16(13-35(29,30)31)10-15(2)23(14)34-18-5-8-21-20(11-18)22(12-28-21)36(32,33)19-6-3-17(4-7-19)24(25,26)27/h3-12,28H,13H2,1-2H3,(H,29,30,31). The minimum atomic E-state index is -4.59. The van der Waals surface area contributed by atoms with Crippen LogP contribution in [0.5, 0.6) is 11.5 Å². The fraction of sp³-hybridized carbons (Fsp3) is 0.167. The van der Waals surface area contributed by atoms with E-state index in [4.69, 9.17) is 9.29 Å². The molecule has 0 aliphatic heterocycles. The number of hydrogen-bond donors (Lipinski definition) is 2. The minimum Gasteiger partial charge on any atom is -0.457 e. The number of alkyl halides is 3. The Morgan fingerprint density at radius 3 is 2.08 bits per heavy atom. The average Bonchev–Trinajstić information content (AvgIpc) is 3.19. The summed E-state index contributed by atoms with van der Waals surface area (Å²) in [7, 11) is -8.36. The summed E-state index contributed by atoms with van der Waals surface area (Å²) < 4.78 is 102. The zero-order chi connectivity index (χ0) is 26.5. The summed E-state index contributed by atoms with van der Waals surface area (Å²) >= 11 is 0. The van der Waals surface area contributed by atoms with Gasteiger partial charge < -0.3 is 9.72 Å². The number of rotatable bonds is 6. The van der Waals surface area contributed by atoms with E-state index in [1.807, 2.05) is 0 Å². The van der Waals surface area contributed by atoms with Crippen molar-refractivity contribution in [3.63, 3.8) is 0 Å². The van der Waals surface area contributed by atoms with E-state index in [2.05, 4.69) is 4.98 Å². The van der Waals surface area contributed by atoms with E-state index < -0.39 is 37.4 Å². The van der Waals surface area contributed by atoms with Crippen molar-refractivity contribution in [2.45, 2.75) is 35.6 Å². The summed E-state index contributed by atoms with van der Waals surface area (Å²) in [6.45, 7) is 3.40. The van der Waals surface area contributed by atoms with E-state index in [1.165, 1.54) is 12.3 Å². The number of hydrogen-bond acceptors (Lipinski definition) is 5. The van der Waals surface area contributed by atoms with Crippen LogP contribution in [0.15, 0.2) is 70.6 Å². The number of fused-ring (bicyclic) bond motifs is 1. The largest absolute Gasteiger partial charge is 0.457 e. The molecular formula is C24H20F3NO6S2. The molecule has 3 aromatic carbocycles. The Labute approximate surface area is 205 Å². The summed E-state index contributed by atoms with van der Waals surface area (Å²) in [4.78, 5) is 2.43. The summed E-state index contributed by atoms with van der Waals surface area (Å²) in [5.41, 5.74) is 1.10. The van der Waals surface area contributed by atoms with Crippen LogP contribution in [0.25, 0.3) is 10.9 Å². The molecule has 4 aromatic rings. The molecule has 0 saturated heterocycles. The highest BCUT2D eigenvalue weighted by Gasteiger charge is 2.31. The number of nitrogens with one attached hydrogen (secondary N) is 1. The highest BCUT2D eigenvalue weighted by molar-refractivity contribution is 7.91. The molecule has 0 spiro atoms. The van der Waals surface area contributed by atoms with Crippen LogP contribution in [0.1, 0.15) is 22.3 Å². The molecule has 0 radical (unpaired) electrons. The van der Waals surface area contributed by atoms with Gasteiger partial charge in [-0.25, -0.2) is 8.42 Å². The fourth-order valence-corrected chi connectivity index (χ4v) is 5.93. The summed E-state index contributed by atoms with van der Waals surface area (Å²) in [5.74, 6) is 0.172. The molecule has 1 aromatic heterocycles. The predicted octanol–water partition coefficient (Wildman–Crippen LogP) is 5.82. The van der Waals surface area contributed by atoms with Gasteiger partial charge in [-0.05, 0) is 73.0 Å². The molecule has 0 unspecified atom stereocenters. The van der Waals surface area contributed by atoms with Crippen molar-refractivity contribution in [2.24, 2.45) is 0 Å². The first-order valence-corrected chi connectivity index (χ1v) is 13.5. The highest BCUT2D eigenvalue weighted by Crippen LogP contribution is 2.36.